The molecule has 2 N–H and O–H groups in total. The van der Waals surface area contributed by atoms with E-state index in [0.717, 1.165) is 27.1 Å². The summed E-state index contributed by atoms with van der Waals surface area (Å²) in [6.07, 6.45) is -7.27. The van der Waals surface area contributed by atoms with Crippen LogP contribution in [-0.4, -0.2) is 44.8 Å². The highest BCUT2D eigenvalue weighted by atomic mass is 32.1. The van der Waals surface area contributed by atoms with Crippen LogP contribution in [0.3, 0.4) is 0 Å². The average Bonchev–Trinajstić information content (AvgIpc) is 3.49. The third kappa shape index (κ3) is 9.73. The Hall–Kier alpha value is -4.38. The first kappa shape index (κ1) is 44.7. The van der Waals surface area contributed by atoms with Gasteiger partial charge in [-0.25, -0.2) is 8.78 Å². The molecule has 16 heteroatoms. The number of aromatic nitrogens is 2. The van der Waals surface area contributed by atoms with Crippen molar-refractivity contribution in [3.8, 4) is 0 Å². The number of halogens is 8. The normalized spacial score (nSPS) is 16.9. The molecule has 0 aliphatic carbocycles. The number of alkyl halides is 6. The molecule has 312 valence electrons. The van der Waals surface area contributed by atoms with Crippen molar-refractivity contribution in [2.75, 3.05) is 6.61 Å². The predicted octanol–water partition coefficient (Wildman–Crippen LogP) is 10.9. The second kappa shape index (κ2) is 16.3. The number of pyridine rings is 2. The van der Waals surface area contributed by atoms with E-state index in [1.807, 2.05) is 11.4 Å². The van der Waals surface area contributed by atoms with E-state index in [9.17, 15) is 49.8 Å². The molecule has 0 bridgehead atoms. The predicted molar refractivity (Wildman–Crippen MR) is 212 cm³/mol. The molecule has 2 aromatic carbocycles. The first-order valence-electron chi connectivity index (χ1n) is 17.9. The first-order chi connectivity index (χ1) is 26.8. The molecule has 7 rings (SSSR count). The number of benzene rings is 2. The number of aliphatic hydroxyl groups is 1. The van der Waals surface area contributed by atoms with Gasteiger partial charge >= 0.3 is 12.4 Å². The van der Waals surface area contributed by atoms with E-state index in [4.69, 9.17) is 0 Å². The molecule has 2 atom stereocenters. The molecule has 0 radical (unpaired) electrons. The van der Waals surface area contributed by atoms with Gasteiger partial charge in [0, 0.05) is 24.5 Å². The number of hydrogen-bond donors (Lipinski definition) is 2. The van der Waals surface area contributed by atoms with Gasteiger partial charge in [0.25, 0.3) is 0 Å². The monoisotopic (exact) mass is 854 g/mol. The number of epoxide rings is 1. The summed E-state index contributed by atoms with van der Waals surface area (Å²) in [5.74, 6) is -0.985. The van der Waals surface area contributed by atoms with Crippen molar-refractivity contribution >= 4 is 43.1 Å². The highest BCUT2D eigenvalue weighted by Crippen LogP contribution is 2.51. The molecule has 1 aliphatic heterocycles. The quantitative estimate of drug-likeness (QED) is 0.118. The van der Waals surface area contributed by atoms with E-state index in [1.54, 1.807) is 71.3 Å². The zero-order chi connectivity index (χ0) is 43.1. The summed E-state index contributed by atoms with van der Waals surface area (Å²) in [7, 11) is 0. The number of nitrogens with one attached hydrogen (secondary N) is 1. The van der Waals surface area contributed by atoms with E-state index < -0.39 is 59.0 Å². The second-order valence-corrected chi connectivity index (χ2v) is 17.6. The third-order valence-electron chi connectivity index (χ3n) is 10.2. The van der Waals surface area contributed by atoms with E-state index in [2.05, 4.69) is 9.72 Å². The summed E-state index contributed by atoms with van der Waals surface area (Å²) >= 11 is 2.61. The molecule has 6 aromatic rings. The van der Waals surface area contributed by atoms with Crippen LogP contribution in [-0.2, 0) is 22.1 Å². The van der Waals surface area contributed by atoms with Crippen LogP contribution in [0.25, 0.3) is 20.4 Å². The zero-order valence-corrected chi connectivity index (χ0v) is 34.0. The van der Waals surface area contributed by atoms with E-state index in [-0.39, 0.29) is 23.9 Å². The van der Waals surface area contributed by atoms with Crippen LogP contribution < -0.4 is 10.9 Å². The number of rotatable bonds is 8. The van der Waals surface area contributed by atoms with Crippen LogP contribution in [0.4, 0.5) is 35.1 Å². The number of aryl methyl sites for hydroxylation is 2. The van der Waals surface area contributed by atoms with Crippen LogP contribution in [0.1, 0.15) is 62.8 Å². The third-order valence-corrected chi connectivity index (χ3v) is 12.1. The maximum Gasteiger partial charge on any atom is 0.419 e. The number of H-pyrrole nitrogens is 1. The van der Waals surface area contributed by atoms with Gasteiger partial charge in [-0.1, -0.05) is 39.8 Å². The highest BCUT2D eigenvalue weighted by molar-refractivity contribution is 7.17. The number of hydrogen-bond acceptors (Lipinski definition) is 6. The Kier molecular flexibility index (Phi) is 12.6. The largest absolute Gasteiger partial charge is 0.419 e. The van der Waals surface area contributed by atoms with Gasteiger partial charge in [-0.2, -0.15) is 26.3 Å². The molecule has 1 fully saturated rings. The summed E-state index contributed by atoms with van der Waals surface area (Å²) in [5.41, 5.74) is -3.61. The lowest BCUT2D eigenvalue weighted by Crippen LogP contribution is -2.52. The SMILES string of the molecule is Cc1ccc(F)cc1C(C)(C)CC(O)(Cn1ccc(=O)c2sccc21)C(F)(F)F.Cc1ccc(F)cc1C(C)(C)CC1(C(F)(F)F)CO1.O=c1cc[nH]c2ccsc12. The fourth-order valence-corrected chi connectivity index (χ4v) is 8.93. The highest BCUT2D eigenvalue weighted by Gasteiger charge is 2.67. The second-order valence-electron chi connectivity index (χ2n) is 15.8. The van der Waals surface area contributed by atoms with E-state index >= 15 is 0 Å². The van der Waals surface area contributed by atoms with Gasteiger partial charge in [-0.05, 0) is 107 Å². The van der Waals surface area contributed by atoms with Gasteiger partial charge < -0.3 is 19.4 Å². The zero-order valence-electron chi connectivity index (χ0n) is 32.4. The summed E-state index contributed by atoms with van der Waals surface area (Å²) < 4.78 is 115. The lowest BCUT2D eigenvalue weighted by Gasteiger charge is -2.39. The summed E-state index contributed by atoms with van der Waals surface area (Å²) in [5, 5.41) is 14.3. The van der Waals surface area contributed by atoms with Crippen molar-refractivity contribution in [3.63, 3.8) is 0 Å². The van der Waals surface area contributed by atoms with Gasteiger partial charge in [-0.15, -0.1) is 22.7 Å². The Bertz CT molecular complexity index is 2510. The van der Waals surface area contributed by atoms with Crippen LogP contribution >= 0.6 is 22.7 Å². The molecule has 0 spiro atoms. The number of aromatic amines is 1. The van der Waals surface area contributed by atoms with Gasteiger partial charge in [0.1, 0.15) is 11.6 Å². The first-order valence-corrected chi connectivity index (χ1v) is 19.7. The fraction of sp³-hybridized carbons (Fsp3) is 0.381. The lowest BCUT2D eigenvalue weighted by molar-refractivity contribution is -0.271. The molecule has 6 nitrogen and oxygen atoms in total. The van der Waals surface area contributed by atoms with Gasteiger partial charge in [0.15, 0.2) is 22.1 Å². The molecular formula is C42H42F8N2O4S2. The van der Waals surface area contributed by atoms with Crippen molar-refractivity contribution < 1.29 is 45.0 Å². The van der Waals surface area contributed by atoms with Gasteiger partial charge in [-0.3, -0.25) is 9.59 Å². The van der Waals surface area contributed by atoms with Crippen LogP contribution in [0, 0.1) is 25.5 Å². The van der Waals surface area contributed by atoms with Crippen LogP contribution in [0.5, 0.6) is 0 Å². The maximum atomic E-state index is 14.0. The standard InChI is InChI=1S/C21H21F4NO2S.C14H16F4O.C7H5NOS/c1-13-4-5-14(22)10-15(13)19(2,3)11-20(28,21(23,24)25)12-26-8-6-17(27)18-16(26)7-9-29-18;1-9-4-5-10(15)6-11(9)12(2,3)7-13(8-19-13)14(16,17)18;9-6-1-3-8-5-2-4-10-7(5)6/h4-10,28H,11-12H2,1-3H3;4-6H,7-8H2,1-3H3;1-4H,(H,8,9). The van der Waals surface area contributed by atoms with Gasteiger partial charge in [0.2, 0.25) is 0 Å². The Morgan fingerprint density at radius 1 is 0.776 bits per heavy atom. The number of thiophene rings is 2. The van der Waals surface area contributed by atoms with Crippen molar-refractivity contribution in [1.29, 1.82) is 0 Å². The fourth-order valence-electron chi connectivity index (χ4n) is 7.32. The Morgan fingerprint density at radius 2 is 1.31 bits per heavy atom. The number of nitrogens with zero attached hydrogens (tertiary/aromatic N) is 1. The van der Waals surface area contributed by atoms with E-state index in [0.29, 0.717) is 26.9 Å². The molecular weight excluding hydrogens is 813 g/mol. The van der Waals surface area contributed by atoms with Crippen molar-refractivity contribution in [1.82, 2.24) is 9.55 Å². The van der Waals surface area contributed by atoms with Crippen molar-refractivity contribution in [2.24, 2.45) is 0 Å². The summed E-state index contributed by atoms with van der Waals surface area (Å²) in [6.45, 7) is 8.85. The van der Waals surface area contributed by atoms with Crippen molar-refractivity contribution in [2.45, 2.75) is 95.3 Å². The number of ether oxygens (including phenoxy) is 1. The Balaban J connectivity index is 0.000000187. The molecule has 58 heavy (non-hydrogen) atoms. The topological polar surface area (TPSA) is 87.6 Å². The molecule has 0 amide bonds. The van der Waals surface area contributed by atoms with Crippen molar-refractivity contribution in [3.05, 3.63) is 138 Å². The van der Waals surface area contributed by atoms with Crippen LogP contribution in [0.15, 0.2) is 93.4 Å². The molecule has 1 aliphatic rings. The average molecular weight is 855 g/mol. The minimum absolute atomic E-state index is 0.101. The molecule has 0 saturated carbocycles. The minimum atomic E-state index is -4.93. The number of fused-ring (bicyclic) bond motifs is 2. The smallest absolute Gasteiger partial charge is 0.379 e. The summed E-state index contributed by atoms with van der Waals surface area (Å²) in [4.78, 5) is 25.9. The Morgan fingerprint density at radius 3 is 1.84 bits per heavy atom. The van der Waals surface area contributed by atoms with E-state index in [1.165, 1.54) is 58.5 Å². The Labute approximate surface area is 336 Å². The molecule has 1 saturated heterocycles. The van der Waals surface area contributed by atoms with Gasteiger partial charge in [0.05, 0.1) is 33.6 Å². The maximum absolute atomic E-state index is 14.0. The summed E-state index contributed by atoms with van der Waals surface area (Å²) in [6, 6.07) is 14.4. The lowest BCUT2D eigenvalue weighted by atomic mass is 9.73. The minimum Gasteiger partial charge on any atom is -0.379 e. The van der Waals surface area contributed by atoms with Crippen LogP contribution in [0.2, 0.25) is 0 Å². The molecule has 4 aromatic heterocycles. The molecule has 5 heterocycles. The molecule has 2 unspecified atom stereocenters.